The third-order valence-electron chi connectivity index (χ3n) is 2.93. The van der Waals surface area contributed by atoms with Crippen LogP contribution in [0, 0.1) is 11.8 Å². The molecule has 0 aromatic heterocycles. The Labute approximate surface area is 92.6 Å². The summed E-state index contributed by atoms with van der Waals surface area (Å²) in [4.78, 5) is 11.7. The van der Waals surface area contributed by atoms with Crippen LogP contribution in [0.5, 0.6) is 0 Å². The van der Waals surface area contributed by atoms with Crippen LogP contribution in [-0.4, -0.2) is 25.2 Å². The molecule has 0 aromatic carbocycles. The summed E-state index contributed by atoms with van der Waals surface area (Å²) in [6.07, 6.45) is 3.42. The monoisotopic (exact) mass is 213 g/mol. The smallest absolute Gasteiger partial charge is 0.325 e. The second kappa shape index (κ2) is 4.97. The fourth-order valence-electron chi connectivity index (χ4n) is 1.96. The number of ether oxygens (including phenoxy) is 1. The van der Waals surface area contributed by atoms with Gasteiger partial charge in [0, 0.05) is 0 Å². The largest absolute Gasteiger partial charge is 0.468 e. The SMILES string of the molecule is COC(=O)C(C)(CC(C)C)NCC1CC1. The zero-order chi connectivity index (χ0) is 11.5. The van der Waals surface area contributed by atoms with Gasteiger partial charge in [0.2, 0.25) is 0 Å². The number of nitrogens with one attached hydrogen (secondary N) is 1. The van der Waals surface area contributed by atoms with E-state index in [1.807, 2.05) is 6.92 Å². The van der Waals surface area contributed by atoms with Gasteiger partial charge in [-0.3, -0.25) is 4.79 Å². The van der Waals surface area contributed by atoms with E-state index in [1.54, 1.807) is 0 Å². The molecule has 0 heterocycles. The quantitative estimate of drug-likeness (QED) is 0.685. The van der Waals surface area contributed by atoms with Crippen LogP contribution < -0.4 is 5.32 Å². The van der Waals surface area contributed by atoms with Crippen molar-refractivity contribution in [2.45, 2.75) is 45.6 Å². The molecule has 88 valence electrons. The summed E-state index contributed by atoms with van der Waals surface area (Å²) in [6, 6.07) is 0. The average molecular weight is 213 g/mol. The molecule has 1 atom stereocenters. The first kappa shape index (κ1) is 12.5. The van der Waals surface area contributed by atoms with Crippen molar-refractivity contribution < 1.29 is 9.53 Å². The normalized spacial score (nSPS) is 20.1. The number of hydrogen-bond acceptors (Lipinski definition) is 3. The van der Waals surface area contributed by atoms with Gasteiger partial charge >= 0.3 is 5.97 Å². The minimum atomic E-state index is -0.508. The summed E-state index contributed by atoms with van der Waals surface area (Å²) in [7, 11) is 1.46. The molecule has 1 N–H and O–H groups in total. The minimum absolute atomic E-state index is 0.142. The van der Waals surface area contributed by atoms with Crippen LogP contribution in [0.3, 0.4) is 0 Å². The zero-order valence-electron chi connectivity index (χ0n) is 10.3. The van der Waals surface area contributed by atoms with Gasteiger partial charge in [-0.15, -0.1) is 0 Å². The van der Waals surface area contributed by atoms with E-state index in [2.05, 4.69) is 19.2 Å². The first-order valence-corrected chi connectivity index (χ1v) is 5.81. The maximum absolute atomic E-state index is 11.7. The lowest BCUT2D eigenvalue weighted by atomic mass is 9.90. The molecule has 0 amide bonds. The van der Waals surface area contributed by atoms with E-state index in [1.165, 1.54) is 20.0 Å². The molecule has 15 heavy (non-hydrogen) atoms. The van der Waals surface area contributed by atoms with E-state index >= 15 is 0 Å². The Balaban J connectivity index is 2.51. The highest BCUT2D eigenvalue weighted by atomic mass is 16.5. The molecule has 1 aliphatic carbocycles. The van der Waals surface area contributed by atoms with Gasteiger partial charge in [-0.2, -0.15) is 0 Å². The third kappa shape index (κ3) is 3.82. The fourth-order valence-corrected chi connectivity index (χ4v) is 1.96. The Kier molecular flexibility index (Phi) is 4.14. The maximum Gasteiger partial charge on any atom is 0.325 e. The molecular formula is C12H23NO2. The first-order chi connectivity index (χ1) is 6.98. The van der Waals surface area contributed by atoms with Crippen LogP contribution in [0.1, 0.15) is 40.0 Å². The standard InChI is InChI=1S/C12H23NO2/c1-9(2)7-12(3,11(14)15-4)13-8-10-5-6-10/h9-10,13H,5-8H2,1-4H3. The number of methoxy groups -OCH3 is 1. The Morgan fingerprint density at radius 2 is 2.13 bits per heavy atom. The van der Waals surface area contributed by atoms with Crippen LogP contribution in [0.25, 0.3) is 0 Å². The van der Waals surface area contributed by atoms with Crippen LogP contribution >= 0.6 is 0 Å². The number of rotatable bonds is 6. The first-order valence-electron chi connectivity index (χ1n) is 5.81. The van der Waals surface area contributed by atoms with Crippen molar-refractivity contribution in [3.63, 3.8) is 0 Å². The van der Waals surface area contributed by atoms with Gasteiger partial charge in [0.05, 0.1) is 7.11 Å². The van der Waals surface area contributed by atoms with E-state index in [4.69, 9.17) is 4.74 Å². The molecule has 1 rings (SSSR count). The molecule has 0 spiro atoms. The highest BCUT2D eigenvalue weighted by molar-refractivity contribution is 5.80. The van der Waals surface area contributed by atoms with Crippen LogP contribution in [0.4, 0.5) is 0 Å². The highest BCUT2D eigenvalue weighted by Gasteiger charge is 2.36. The molecule has 3 nitrogen and oxygen atoms in total. The second-order valence-corrected chi connectivity index (χ2v) is 5.25. The van der Waals surface area contributed by atoms with Gasteiger partial charge in [-0.1, -0.05) is 13.8 Å². The van der Waals surface area contributed by atoms with E-state index < -0.39 is 5.54 Å². The van der Waals surface area contributed by atoms with Crippen molar-refractivity contribution in [1.82, 2.24) is 5.32 Å². The number of carbonyl (C=O) groups is 1. The summed E-state index contributed by atoms with van der Waals surface area (Å²) >= 11 is 0. The van der Waals surface area contributed by atoms with Gasteiger partial charge < -0.3 is 10.1 Å². The number of hydrogen-bond donors (Lipinski definition) is 1. The highest BCUT2D eigenvalue weighted by Crippen LogP contribution is 2.29. The lowest BCUT2D eigenvalue weighted by molar-refractivity contribution is -0.148. The maximum atomic E-state index is 11.7. The van der Waals surface area contributed by atoms with E-state index in [-0.39, 0.29) is 5.97 Å². The van der Waals surface area contributed by atoms with Crippen molar-refractivity contribution in [3.8, 4) is 0 Å². The lowest BCUT2D eigenvalue weighted by Crippen LogP contribution is -2.51. The Hall–Kier alpha value is -0.570. The van der Waals surface area contributed by atoms with Crippen LogP contribution in [0.2, 0.25) is 0 Å². The summed E-state index contributed by atoms with van der Waals surface area (Å²) in [6.45, 7) is 7.14. The van der Waals surface area contributed by atoms with Gasteiger partial charge in [0.15, 0.2) is 0 Å². The third-order valence-corrected chi connectivity index (χ3v) is 2.93. The zero-order valence-corrected chi connectivity index (χ0v) is 10.3. The molecule has 3 heteroatoms. The molecule has 0 radical (unpaired) electrons. The van der Waals surface area contributed by atoms with Gasteiger partial charge in [0.25, 0.3) is 0 Å². The molecule has 1 saturated carbocycles. The van der Waals surface area contributed by atoms with E-state index in [0.717, 1.165) is 18.9 Å². The summed E-state index contributed by atoms with van der Waals surface area (Å²) in [5, 5.41) is 3.37. The second-order valence-electron chi connectivity index (χ2n) is 5.25. The Morgan fingerprint density at radius 1 is 1.53 bits per heavy atom. The van der Waals surface area contributed by atoms with Crippen molar-refractivity contribution >= 4 is 5.97 Å². The molecule has 0 aliphatic heterocycles. The fraction of sp³-hybridized carbons (Fsp3) is 0.917. The number of esters is 1. The van der Waals surface area contributed by atoms with Gasteiger partial charge in [0.1, 0.15) is 5.54 Å². The molecule has 1 fully saturated rings. The summed E-state index contributed by atoms with van der Waals surface area (Å²) < 4.78 is 4.87. The van der Waals surface area contributed by atoms with E-state index in [0.29, 0.717) is 5.92 Å². The molecule has 0 saturated heterocycles. The Morgan fingerprint density at radius 3 is 2.53 bits per heavy atom. The lowest BCUT2D eigenvalue weighted by Gasteiger charge is -2.29. The molecule has 0 aromatic rings. The summed E-state index contributed by atoms with van der Waals surface area (Å²) in [5.74, 6) is 1.12. The molecular weight excluding hydrogens is 190 g/mol. The van der Waals surface area contributed by atoms with Gasteiger partial charge in [-0.05, 0) is 44.6 Å². The van der Waals surface area contributed by atoms with Crippen molar-refractivity contribution in [3.05, 3.63) is 0 Å². The van der Waals surface area contributed by atoms with Crippen molar-refractivity contribution in [2.75, 3.05) is 13.7 Å². The molecule has 1 unspecified atom stereocenters. The van der Waals surface area contributed by atoms with Crippen molar-refractivity contribution in [1.29, 1.82) is 0 Å². The van der Waals surface area contributed by atoms with Crippen LogP contribution in [-0.2, 0) is 9.53 Å². The Bertz CT molecular complexity index is 224. The average Bonchev–Trinajstić information content (AvgIpc) is 2.96. The van der Waals surface area contributed by atoms with Gasteiger partial charge in [-0.25, -0.2) is 0 Å². The number of carbonyl (C=O) groups excluding carboxylic acids is 1. The summed E-state index contributed by atoms with van der Waals surface area (Å²) in [5.41, 5.74) is -0.508. The molecule has 1 aliphatic rings. The predicted octanol–water partition coefficient (Wildman–Crippen LogP) is 1.96. The molecule has 0 bridgehead atoms. The van der Waals surface area contributed by atoms with E-state index in [9.17, 15) is 4.79 Å². The topological polar surface area (TPSA) is 38.3 Å². The minimum Gasteiger partial charge on any atom is -0.468 e. The van der Waals surface area contributed by atoms with Crippen LogP contribution in [0.15, 0.2) is 0 Å². The predicted molar refractivity (Wildman–Crippen MR) is 60.6 cm³/mol. The van der Waals surface area contributed by atoms with Crippen molar-refractivity contribution in [2.24, 2.45) is 11.8 Å².